The highest BCUT2D eigenvalue weighted by atomic mass is 16.3. The first-order chi connectivity index (χ1) is 5.11. The van der Waals surface area contributed by atoms with E-state index in [0.717, 1.165) is 13.0 Å². The number of carbonyl (C=O) groups is 1. The lowest BCUT2D eigenvalue weighted by molar-refractivity contribution is -0.127. The Hall–Kier alpha value is -0.990. The molecule has 0 saturated carbocycles. The zero-order valence-electron chi connectivity index (χ0n) is 6.71. The van der Waals surface area contributed by atoms with Gasteiger partial charge in [0.2, 0.25) is 5.91 Å². The minimum atomic E-state index is 0.0775. The zero-order chi connectivity index (χ0) is 8.43. The number of hydrogen-bond donors (Lipinski definition) is 1. The van der Waals surface area contributed by atoms with E-state index in [1.807, 2.05) is 0 Å². The Morgan fingerprint density at radius 3 is 2.64 bits per heavy atom. The normalized spacial score (nSPS) is 23.7. The fourth-order valence-electron chi connectivity index (χ4n) is 1.32. The fraction of sp³-hybridized carbons (Fsp3) is 0.625. The van der Waals surface area contributed by atoms with Crippen LogP contribution < -0.4 is 0 Å². The SMILES string of the molecule is C=C(O)[C@@H]1CCN(C(C)=O)C1. The van der Waals surface area contributed by atoms with Crippen molar-refractivity contribution in [3.8, 4) is 0 Å². The number of aliphatic hydroxyl groups excluding tert-OH is 1. The summed E-state index contributed by atoms with van der Waals surface area (Å²) in [5.41, 5.74) is 0. The van der Waals surface area contributed by atoms with Crippen LogP contribution in [0, 0.1) is 5.92 Å². The number of likely N-dealkylation sites (tertiary alicyclic amines) is 1. The van der Waals surface area contributed by atoms with Crippen molar-refractivity contribution < 1.29 is 9.90 Å². The van der Waals surface area contributed by atoms with Crippen molar-refractivity contribution in [1.29, 1.82) is 0 Å². The average Bonchev–Trinajstić information content (AvgIpc) is 2.33. The largest absolute Gasteiger partial charge is 0.513 e. The maximum Gasteiger partial charge on any atom is 0.219 e. The van der Waals surface area contributed by atoms with Crippen molar-refractivity contribution in [2.45, 2.75) is 13.3 Å². The van der Waals surface area contributed by atoms with Gasteiger partial charge in [-0.15, -0.1) is 0 Å². The molecule has 11 heavy (non-hydrogen) atoms. The van der Waals surface area contributed by atoms with Gasteiger partial charge >= 0.3 is 0 Å². The number of carbonyl (C=O) groups excluding carboxylic acids is 1. The first-order valence-electron chi connectivity index (χ1n) is 3.74. The topological polar surface area (TPSA) is 40.5 Å². The van der Waals surface area contributed by atoms with Crippen molar-refractivity contribution in [3.05, 3.63) is 12.3 Å². The molecule has 62 valence electrons. The lowest BCUT2D eigenvalue weighted by Crippen LogP contribution is -2.25. The van der Waals surface area contributed by atoms with E-state index in [1.54, 1.807) is 11.8 Å². The van der Waals surface area contributed by atoms with E-state index in [0.29, 0.717) is 6.54 Å². The van der Waals surface area contributed by atoms with E-state index in [4.69, 9.17) is 5.11 Å². The summed E-state index contributed by atoms with van der Waals surface area (Å²) >= 11 is 0. The summed E-state index contributed by atoms with van der Waals surface area (Å²) in [5.74, 6) is 0.376. The van der Waals surface area contributed by atoms with Gasteiger partial charge in [0, 0.05) is 25.9 Å². The van der Waals surface area contributed by atoms with Crippen LogP contribution in [0.5, 0.6) is 0 Å². The summed E-state index contributed by atoms with van der Waals surface area (Å²) in [7, 11) is 0. The van der Waals surface area contributed by atoms with Crippen molar-refractivity contribution >= 4 is 5.91 Å². The van der Waals surface area contributed by atoms with Crippen LogP contribution in [0.25, 0.3) is 0 Å². The Balaban J connectivity index is 2.47. The van der Waals surface area contributed by atoms with Gasteiger partial charge in [-0.25, -0.2) is 0 Å². The summed E-state index contributed by atoms with van der Waals surface area (Å²) < 4.78 is 0. The van der Waals surface area contributed by atoms with Crippen LogP contribution in [0.2, 0.25) is 0 Å². The number of hydrogen-bond acceptors (Lipinski definition) is 2. The first kappa shape index (κ1) is 8.11. The van der Waals surface area contributed by atoms with E-state index >= 15 is 0 Å². The van der Waals surface area contributed by atoms with Gasteiger partial charge in [0.05, 0.1) is 5.76 Å². The number of nitrogens with zero attached hydrogens (tertiary/aromatic N) is 1. The van der Waals surface area contributed by atoms with E-state index in [1.165, 1.54) is 0 Å². The Morgan fingerprint density at radius 1 is 1.73 bits per heavy atom. The quantitative estimate of drug-likeness (QED) is 0.572. The van der Waals surface area contributed by atoms with E-state index in [9.17, 15) is 4.79 Å². The number of aliphatic hydroxyl groups is 1. The second-order valence-corrected chi connectivity index (χ2v) is 2.94. The molecule has 1 aliphatic rings. The molecule has 0 unspecified atom stereocenters. The Kier molecular flexibility index (Phi) is 2.17. The minimum absolute atomic E-state index is 0.0775. The summed E-state index contributed by atoms with van der Waals surface area (Å²) in [6, 6.07) is 0. The summed E-state index contributed by atoms with van der Waals surface area (Å²) in [4.78, 5) is 12.6. The molecule has 1 fully saturated rings. The maximum atomic E-state index is 10.8. The molecule has 0 spiro atoms. The van der Waals surface area contributed by atoms with Gasteiger partial charge in [0.1, 0.15) is 0 Å². The monoisotopic (exact) mass is 155 g/mol. The second kappa shape index (κ2) is 2.95. The molecule has 1 atom stereocenters. The first-order valence-corrected chi connectivity index (χ1v) is 3.74. The fourth-order valence-corrected chi connectivity index (χ4v) is 1.32. The molecule has 1 N–H and O–H groups in total. The van der Waals surface area contributed by atoms with Crippen LogP contribution in [0.1, 0.15) is 13.3 Å². The van der Waals surface area contributed by atoms with Gasteiger partial charge in [-0.05, 0) is 6.42 Å². The van der Waals surface area contributed by atoms with Gasteiger partial charge in [-0.2, -0.15) is 0 Å². The lowest BCUT2D eigenvalue weighted by Gasteiger charge is -2.12. The van der Waals surface area contributed by atoms with Crippen LogP contribution in [-0.4, -0.2) is 29.0 Å². The maximum absolute atomic E-state index is 10.8. The number of rotatable bonds is 1. The van der Waals surface area contributed by atoms with Crippen LogP contribution in [0.4, 0.5) is 0 Å². The molecule has 1 heterocycles. The summed E-state index contributed by atoms with van der Waals surface area (Å²) in [6.45, 7) is 6.37. The molecular formula is C8H13NO2. The molecule has 3 nitrogen and oxygen atoms in total. The average molecular weight is 155 g/mol. The third-order valence-corrected chi connectivity index (χ3v) is 2.10. The smallest absolute Gasteiger partial charge is 0.219 e. The molecule has 1 amide bonds. The third kappa shape index (κ3) is 1.73. The van der Waals surface area contributed by atoms with Gasteiger partial charge in [0.25, 0.3) is 0 Å². The van der Waals surface area contributed by atoms with Crippen molar-refractivity contribution in [2.24, 2.45) is 5.92 Å². The van der Waals surface area contributed by atoms with E-state index in [2.05, 4.69) is 6.58 Å². The predicted octanol–water partition coefficient (Wildman–Crippen LogP) is 0.927. The highest BCUT2D eigenvalue weighted by Crippen LogP contribution is 2.20. The number of amides is 1. The van der Waals surface area contributed by atoms with Crippen LogP contribution in [0.15, 0.2) is 12.3 Å². The van der Waals surface area contributed by atoms with Crippen molar-refractivity contribution in [3.63, 3.8) is 0 Å². The minimum Gasteiger partial charge on any atom is -0.513 e. The van der Waals surface area contributed by atoms with Crippen LogP contribution in [-0.2, 0) is 4.79 Å². The third-order valence-electron chi connectivity index (χ3n) is 2.10. The highest BCUT2D eigenvalue weighted by Gasteiger charge is 2.25. The Morgan fingerprint density at radius 2 is 2.36 bits per heavy atom. The van der Waals surface area contributed by atoms with E-state index < -0.39 is 0 Å². The molecule has 1 rings (SSSR count). The Bertz CT molecular complexity index is 169. The van der Waals surface area contributed by atoms with Crippen molar-refractivity contribution in [2.75, 3.05) is 13.1 Å². The van der Waals surface area contributed by atoms with Gasteiger partial charge in [-0.1, -0.05) is 6.58 Å². The molecule has 0 bridgehead atoms. The highest BCUT2D eigenvalue weighted by molar-refractivity contribution is 5.73. The predicted molar refractivity (Wildman–Crippen MR) is 42.1 cm³/mol. The van der Waals surface area contributed by atoms with E-state index in [-0.39, 0.29) is 17.6 Å². The zero-order valence-corrected chi connectivity index (χ0v) is 6.71. The molecule has 1 aliphatic heterocycles. The van der Waals surface area contributed by atoms with Crippen molar-refractivity contribution in [1.82, 2.24) is 4.90 Å². The van der Waals surface area contributed by atoms with Gasteiger partial charge in [-0.3, -0.25) is 4.79 Å². The molecule has 0 radical (unpaired) electrons. The Labute approximate surface area is 66.3 Å². The standard InChI is InChI=1S/C8H13NO2/c1-6(10)8-3-4-9(5-8)7(2)11/h8,10H,1,3-5H2,2H3/t8-/m1/s1. The summed E-state index contributed by atoms with van der Waals surface area (Å²) in [6.07, 6.45) is 0.842. The molecule has 1 saturated heterocycles. The molecule has 3 heteroatoms. The van der Waals surface area contributed by atoms with Crippen LogP contribution >= 0.6 is 0 Å². The second-order valence-electron chi connectivity index (χ2n) is 2.94. The molecule has 0 aromatic carbocycles. The molecule has 0 aromatic heterocycles. The van der Waals surface area contributed by atoms with Crippen LogP contribution in [0.3, 0.4) is 0 Å². The molecule has 0 aliphatic carbocycles. The summed E-state index contributed by atoms with van der Waals surface area (Å²) in [5, 5.41) is 9.02. The molecule has 0 aromatic rings. The van der Waals surface area contributed by atoms with Gasteiger partial charge in [0.15, 0.2) is 0 Å². The lowest BCUT2D eigenvalue weighted by atomic mass is 10.1. The molecular weight excluding hydrogens is 142 g/mol. The van der Waals surface area contributed by atoms with Gasteiger partial charge < -0.3 is 10.0 Å².